The van der Waals surface area contributed by atoms with E-state index in [1.54, 1.807) is 24.2 Å². The van der Waals surface area contributed by atoms with Gasteiger partial charge in [-0.1, -0.05) is 54.6 Å². The third kappa shape index (κ3) is 7.91. The minimum atomic E-state index is -1.06. The summed E-state index contributed by atoms with van der Waals surface area (Å²) in [6, 6.07) is 19.9. The third-order valence-electron chi connectivity index (χ3n) is 10.2. The topological polar surface area (TPSA) is 118 Å². The van der Waals surface area contributed by atoms with Gasteiger partial charge in [0.2, 0.25) is 11.8 Å². The van der Waals surface area contributed by atoms with Gasteiger partial charge < -0.3 is 24.4 Å². The van der Waals surface area contributed by atoms with Gasteiger partial charge in [-0.2, -0.15) is 27.0 Å². The Kier molecular flexibility index (Phi) is 12.6. The van der Waals surface area contributed by atoms with Crippen LogP contribution in [0, 0.1) is 0 Å². The molecule has 2 saturated heterocycles. The van der Waals surface area contributed by atoms with Gasteiger partial charge >= 0.3 is 5.97 Å². The van der Waals surface area contributed by atoms with Crippen LogP contribution in [-0.2, 0) is 31.6 Å². The van der Waals surface area contributed by atoms with Crippen molar-refractivity contribution >= 4 is 50.7 Å². The highest BCUT2D eigenvalue weighted by Crippen LogP contribution is 2.49. The molecule has 0 unspecified atom stereocenters. The van der Waals surface area contributed by atoms with E-state index in [0.717, 1.165) is 16.7 Å². The Bertz CT molecular complexity index is 1800. The molecule has 1 aromatic heterocycles. The molecule has 2 fully saturated rings. The Morgan fingerprint density at radius 2 is 1.51 bits per heavy atom. The number of rotatable bonds is 6. The number of aromatic nitrogens is 1. The van der Waals surface area contributed by atoms with Gasteiger partial charge in [-0.3, -0.25) is 19.2 Å². The van der Waals surface area contributed by atoms with E-state index in [4.69, 9.17) is 4.74 Å². The van der Waals surface area contributed by atoms with E-state index in [1.165, 1.54) is 10.6 Å². The summed E-state index contributed by atoms with van der Waals surface area (Å²) in [5.41, 5.74) is 0.501. The molecule has 1 N–H and O–H groups in total. The molecule has 274 valence electrons. The number of nitrogens with one attached hydrogen (secondary N) is 1. The molecule has 2 aliphatic heterocycles. The summed E-state index contributed by atoms with van der Waals surface area (Å²) in [7, 11) is 1.61. The summed E-state index contributed by atoms with van der Waals surface area (Å²) in [4.78, 5) is 71.4. The van der Waals surface area contributed by atoms with Crippen molar-refractivity contribution in [3.05, 3.63) is 106 Å². The van der Waals surface area contributed by atoms with E-state index >= 15 is 0 Å². The van der Waals surface area contributed by atoms with Crippen molar-refractivity contribution < 1.29 is 23.9 Å². The number of hydrogen-bond acceptors (Lipinski definition) is 6. The first-order valence-corrected chi connectivity index (χ1v) is 17.3. The highest BCUT2D eigenvalue weighted by molar-refractivity contribution is 7.59. The zero-order valence-electron chi connectivity index (χ0n) is 29.8. The van der Waals surface area contributed by atoms with Crippen LogP contribution in [0.3, 0.4) is 0 Å². The van der Waals surface area contributed by atoms with Crippen molar-refractivity contribution in [3.8, 4) is 0 Å². The lowest BCUT2D eigenvalue weighted by Gasteiger charge is -2.45. The van der Waals surface area contributed by atoms with Crippen molar-refractivity contribution in [2.24, 2.45) is 7.05 Å². The maximum Gasteiger partial charge on any atom is 0.329 e. The standard InChI is InChI=1S/C39H46N4O6.2H2S/c1-38(2,3)49-36(47)32-17-11-23-43(32)37(48)39(26-12-6-5-7-13-26)21-18-29(28-14-8-9-16-31(28)39)35(46)42-24-19-27(20-25-42)40-33(44)30-15-10-22-41(4)34(30)45;;/h5-10,12-16,22,27,29,32H,11,17-21,23-25H2,1-4H3,(H,40,44);2*1H2/t29-,32-,39+;;/m0../s1. The third-order valence-corrected chi connectivity index (χ3v) is 10.2. The Balaban J connectivity index is 0.00000292. The minimum absolute atomic E-state index is 0. The number of esters is 1. The van der Waals surface area contributed by atoms with Crippen LogP contribution >= 0.6 is 27.0 Å². The first kappa shape index (κ1) is 39.8. The molecular formula is C39H50N4O6S2. The molecule has 51 heavy (non-hydrogen) atoms. The average molecular weight is 735 g/mol. The number of amides is 3. The van der Waals surface area contributed by atoms with E-state index in [0.29, 0.717) is 58.2 Å². The predicted molar refractivity (Wildman–Crippen MR) is 206 cm³/mol. The lowest BCUT2D eigenvalue weighted by molar-refractivity contribution is -0.164. The number of aryl methyl sites for hydroxylation is 1. The Labute approximate surface area is 313 Å². The summed E-state index contributed by atoms with van der Waals surface area (Å²) < 4.78 is 7.13. The fourth-order valence-electron chi connectivity index (χ4n) is 7.83. The van der Waals surface area contributed by atoms with E-state index < -0.39 is 28.9 Å². The molecule has 10 nitrogen and oxygen atoms in total. The Morgan fingerprint density at radius 1 is 0.843 bits per heavy atom. The van der Waals surface area contributed by atoms with Crippen molar-refractivity contribution in [3.63, 3.8) is 0 Å². The molecule has 3 heterocycles. The quantitative estimate of drug-likeness (QED) is 0.372. The highest BCUT2D eigenvalue weighted by Gasteiger charge is 2.53. The number of carbonyl (C=O) groups excluding carboxylic acids is 4. The van der Waals surface area contributed by atoms with Gasteiger partial charge in [0.15, 0.2) is 0 Å². The fourth-order valence-corrected chi connectivity index (χ4v) is 7.83. The molecule has 1 aliphatic carbocycles. The van der Waals surface area contributed by atoms with Crippen LogP contribution in [0.15, 0.2) is 77.7 Å². The molecule has 3 aliphatic rings. The van der Waals surface area contributed by atoms with E-state index in [2.05, 4.69) is 5.32 Å². The summed E-state index contributed by atoms with van der Waals surface area (Å²) in [6.45, 7) is 6.91. The zero-order valence-corrected chi connectivity index (χ0v) is 31.8. The SMILES string of the molecule is Cn1cccc(C(=O)NC2CCN(C(=O)[C@H]3CC[C@@](C(=O)N4CCC[C@H]4C(=O)OC(C)(C)C)(c4ccccc4)c4ccccc43)CC2)c1=O.S.S. The predicted octanol–water partition coefficient (Wildman–Crippen LogP) is 4.53. The maximum atomic E-state index is 15.0. The number of carbonyl (C=O) groups is 4. The summed E-state index contributed by atoms with van der Waals surface area (Å²) >= 11 is 0. The second-order valence-electron chi connectivity index (χ2n) is 14.6. The molecule has 3 aromatic rings. The molecule has 0 spiro atoms. The summed E-state index contributed by atoms with van der Waals surface area (Å²) in [5, 5.41) is 2.98. The number of piperidine rings is 1. The van der Waals surface area contributed by atoms with Gasteiger partial charge in [-0.15, -0.1) is 0 Å². The molecule has 0 radical (unpaired) electrons. The van der Waals surface area contributed by atoms with Crippen LogP contribution in [0.5, 0.6) is 0 Å². The first-order chi connectivity index (χ1) is 23.4. The number of pyridine rings is 1. The second kappa shape index (κ2) is 16.1. The van der Waals surface area contributed by atoms with Gasteiger partial charge in [0, 0.05) is 38.9 Å². The van der Waals surface area contributed by atoms with Crippen molar-refractivity contribution in [2.45, 2.75) is 88.3 Å². The highest BCUT2D eigenvalue weighted by atomic mass is 32.1. The van der Waals surface area contributed by atoms with Gasteiger partial charge in [-0.05, 0) is 88.1 Å². The largest absolute Gasteiger partial charge is 0.458 e. The number of fused-ring (bicyclic) bond motifs is 1. The van der Waals surface area contributed by atoms with Crippen LogP contribution in [0.2, 0.25) is 0 Å². The van der Waals surface area contributed by atoms with Crippen molar-refractivity contribution in [2.75, 3.05) is 19.6 Å². The number of benzene rings is 2. The lowest BCUT2D eigenvalue weighted by atomic mass is 9.62. The molecule has 6 rings (SSSR count). The van der Waals surface area contributed by atoms with Crippen molar-refractivity contribution in [1.82, 2.24) is 19.7 Å². The van der Waals surface area contributed by atoms with Gasteiger partial charge in [0.1, 0.15) is 17.2 Å². The number of hydrogen-bond donors (Lipinski definition) is 1. The minimum Gasteiger partial charge on any atom is -0.458 e. The normalized spacial score (nSPS) is 21.8. The van der Waals surface area contributed by atoms with Crippen LogP contribution in [0.4, 0.5) is 0 Å². The van der Waals surface area contributed by atoms with E-state index in [9.17, 15) is 24.0 Å². The van der Waals surface area contributed by atoms with Crippen molar-refractivity contribution in [1.29, 1.82) is 0 Å². The summed E-state index contributed by atoms with van der Waals surface area (Å²) in [6.07, 6.45) is 4.90. The second-order valence-corrected chi connectivity index (χ2v) is 14.6. The molecule has 0 bridgehead atoms. The molecular weight excluding hydrogens is 685 g/mol. The van der Waals surface area contributed by atoms with Crippen LogP contribution < -0.4 is 10.9 Å². The van der Waals surface area contributed by atoms with Crippen LogP contribution in [-0.4, -0.2) is 75.4 Å². The van der Waals surface area contributed by atoms with Crippen LogP contribution in [0.1, 0.15) is 92.3 Å². The Morgan fingerprint density at radius 3 is 2.20 bits per heavy atom. The van der Waals surface area contributed by atoms with Gasteiger partial charge in [-0.25, -0.2) is 4.79 Å². The van der Waals surface area contributed by atoms with E-state index in [1.807, 2.05) is 80.3 Å². The summed E-state index contributed by atoms with van der Waals surface area (Å²) in [5.74, 6) is -1.34. The fraction of sp³-hybridized carbons (Fsp3) is 0.462. The van der Waals surface area contributed by atoms with Crippen LogP contribution in [0.25, 0.3) is 0 Å². The van der Waals surface area contributed by atoms with E-state index in [-0.39, 0.29) is 61.9 Å². The molecule has 3 amide bonds. The lowest BCUT2D eigenvalue weighted by Crippen LogP contribution is -2.54. The zero-order chi connectivity index (χ0) is 34.9. The molecule has 2 aromatic carbocycles. The first-order valence-electron chi connectivity index (χ1n) is 17.3. The number of ether oxygens (including phenoxy) is 1. The maximum absolute atomic E-state index is 15.0. The number of likely N-dealkylation sites (tertiary alicyclic amines) is 2. The molecule has 0 saturated carbocycles. The molecule has 3 atom stereocenters. The van der Waals surface area contributed by atoms with Gasteiger partial charge in [0.05, 0.1) is 11.3 Å². The van der Waals surface area contributed by atoms with Gasteiger partial charge in [0.25, 0.3) is 11.5 Å². The Hall–Kier alpha value is -4.03. The smallest absolute Gasteiger partial charge is 0.329 e. The molecule has 12 heteroatoms. The number of nitrogens with zero attached hydrogens (tertiary/aromatic N) is 3. The monoisotopic (exact) mass is 734 g/mol. The average Bonchev–Trinajstić information content (AvgIpc) is 3.59.